The summed E-state index contributed by atoms with van der Waals surface area (Å²) in [5.41, 5.74) is 2.24. The van der Waals surface area contributed by atoms with Crippen molar-refractivity contribution in [3.63, 3.8) is 0 Å². The number of unbranched alkanes of at least 4 members (excludes halogenated alkanes) is 2. The van der Waals surface area contributed by atoms with E-state index < -0.39 is 0 Å². The zero-order valence-corrected chi connectivity index (χ0v) is 9.92. The van der Waals surface area contributed by atoms with Crippen molar-refractivity contribution in [3.8, 4) is 0 Å². The smallest absolute Gasteiger partial charge is 0.104 e. The molecule has 0 amide bonds. The lowest BCUT2D eigenvalue weighted by molar-refractivity contribution is 0.410. The van der Waals surface area contributed by atoms with Crippen LogP contribution in [0.2, 0.25) is 0 Å². The summed E-state index contributed by atoms with van der Waals surface area (Å²) >= 11 is 0. The van der Waals surface area contributed by atoms with Crippen LogP contribution in [-0.2, 0) is 6.42 Å². The molecule has 0 spiro atoms. The number of aliphatic hydroxyl groups is 1. The SMILES string of the molecule is C=C(O)CNc1ccc[c]c1CCCCC. The molecule has 0 aliphatic rings. The van der Waals surface area contributed by atoms with Gasteiger partial charge in [0, 0.05) is 5.69 Å². The molecule has 2 heteroatoms. The van der Waals surface area contributed by atoms with E-state index in [1.807, 2.05) is 18.2 Å². The van der Waals surface area contributed by atoms with E-state index in [0.29, 0.717) is 6.54 Å². The Labute approximate surface area is 98.0 Å². The van der Waals surface area contributed by atoms with Gasteiger partial charge in [0.25, 0.3) is 0 Å². The van der Waals surface area contributed by atoms with Crippen molar-refractivity contribution < 1.29 is 5.11 Å². The minimum absolute atomic E-state index is 0.156. The average Bonchev–Trinajstić information content (AvgIpc) is 2.28. The molecular weight excluding hydrogens is 198 g/mol. The molecule has 2 N–H and O–H groups in total. The number of benzene rings is 1. The molecule has 0 fully saturated rings. The Morgan fingerprint density at radius 3 is 3.00 bits per heavy atom. The highest BCUT2D eigenvalue weighted by atomic mass is 16.3. The maximum atomic E-state index is 9.05. The summed E-state index contributed by atoms with van der Waals surface area (Å²) in [4.78, 5) is 0. The van der Waals surface area contributed by atoms with Crippen molar-refractivity contribution in [2.24, 2.45) is 0 Å². The van der Waals surface area contributed by atoms with Gasteiger partial charge in [-0.05, 0) is 30.5 Å². The quantitative estimate of drug-likeness (QED) is 0.540. The molecule has 0 saturated heterocycles. The van der Waals surface area contributed by atoms with Crippen LogP contribution in [0, 0.1) is 6.07 Å². The van der Waals surface area contributed by atoms with Crippen molar-refractivity contribution in [2.75, 3.05) is 11.9 Å². The number of aliphatic hydroxyl groups excluding tert-OH is 1. The number of hydrogen-bond donors (Lipinski definition) is 2. The van der Waals surface area contributed by atoms with Crippen molar-refractivity contribution in [1.82, 2.24) is 0 Å². The molecule has 1 rings (SSSR count). The fraction of sp³-hybridized carbons (Fsp3) is 0.429. The third-order valence-electron chi connectivity index (χ3n) is 2.46. The third kappa shape index (κ3) is 4.39. The highest BCUT2D eigenvalue weighted by Gasteiger charge is 2.01. The monoisotopic (exact) mass is 218 g/mol. The molecule has 0 heterocycles. The van der Waals surface area contributed by atoms with Gasteiger partial charge in [0.1, 0.15) is 5.76 Å². The van der Waals surface area contributed by atoms with Crippen LogP contribution in [0.15, 0.2) is 30.5 Å². The van der Waals surface area contributed by atoms with Crippen LogP contribution in [0.25, 0.3) is 0 Å². The number of aryl methyl sites for hydroxylation is 1. The summed E-state index contributed by atoms with van der Waals surface area (Å²) in [6.45, 7) is 6.06. The lowest BCUT2D eigenvalue weighted by atomic mass is 10.1. The molecular formula is C14H20NO. The van der Waals surface area contributed by atoms with Crippen LogP contribution in [-0.4, -0.2) is 11.7 Å². The third-order valence-corrected chi connectivity index (χ3v) is 2.46. The Kier molecular flexibility index (Phi) is 5.48. The molecule has 1 aromatic carbocycles. The highest BCUT2D eigenvalue weighted by Crippen LogP contribution is 2.17. The van der Waals surface area contributed by atoms with Crippen LogP contribution in [0.5, 0.6) is 0 Å². The first-order valence-electron chi connectivity index (χ1n) is 5.84. The summed E-state index contributed by atoms with van der Waals surface area (Å²) < 4.78 is 0. The van der Waals surface area contributed by atoms with Gasteiger partial charge < -0.3 is 10.4 Å². The number of anilines is 1. The first-order valence-corrected chi connectivity index (χ1v) is 5.84. The van der Waals surface area contributed by atoms with E-state index in [0.717, 1.165) is 12.1 Å². The number of nitrogens with one attached hydrogen (secondary N) is 1. The van der Waals surface area contributed by atoms with E-state index in [1.165, 1.54) is 24.8 Å². The highest BCUT2D eigenvalue weighted by molar-refractivity contribution is 5.51. The molecule has 0 aliphatic heterocycles. The van der Waals surface area contributed by atoms with Crippen molar-refractivity contribution in [2.45, 2.75) is 32.6 Å². The summed E-state index contributed by atoms with van der Waals surface area (Å²) in [6.07, 6.45) is 4.69. The van der Waals surface area contributed by atoms with Gasteiger partial charge in [0.15, 0.2) is 0 Å². The largest absolute Gasteiger partial charge is 0.511 e. The standard InChI is InChI=1S/C14H20NO/c1-3-4-5-8-13-9-6-7-10-14(13)15-11-12(2)16/h6-7,10,15-16H,2-5,8,11H2,1H3. The van der Waals surface area contributed by atoms with Gasteiger partial charge >= 0.3 is 0 Å². The molecule has 0 atom stereocenters. The second kappa shape index (κ2) is 6.94. The number of rotatable bonds is 7. The topological polar surface area (TPSA) is 32.3 Å². The van der Waals surface area contributed by atoms with E-state index in [-0.39, 0.29) is 5.76 Å². The van der Waals surface area contributed by atoms with Gasteiger partial charge in [-0.1, -0.05) is 38.5 Å². The molecule has 0 bridgehead atoms. The maximum absolute atomic E-state index is 9.05. The lowest BCUT2D eigenvalue weighted by Gasteiger charge is -2.10. The van der Waals surface area contributed by atoms with Gasteiger partial charge in [-0.2, -0.15) is 0 Å². The first-order chi connectivity index (χ1) is 7.74. The van der Waals surface area contributed by atoms with Gasteiger partial charge in [-0.25, -0.2) is 0 Å². The number of hydrogen-bond acceptors (Lipinski definition) is 2. The van der Waals surface area contributed by atoms with Gasteiger partial charge in [0.2, 0.25) is 0 Å². The van der Waals surface area contributed by atoms with E-state index >= 15 is 0 Å². The fourth-order valence-electron chi connectivity index (χ4n) is 1.59. The van der Waals surface area contributed by atoms with E-state index in [1.54, 1.807) is 0 Å². The molecule has 0 aliphatic carbocycles. The zero-order valence-electron chi connectivity index (χ0n) is 9.92. The summed E-state index contributed by atoms with van der Waals surface area (Å²) in [5.74, 6) is 0.156. The molecule has 16 heavy (non-hydrogen) atoms. The Morgan fingerprint density at radius 2 is 2.31 bits per heavy atom. The normalized spacial score (nSPS) is 10.1. The van der Waals surface area contributed by atoms with Gasteiger partial charge in [-0.3, -0.25) is 0 Å². The van der Waals surface area contributed by atoms with Crippen molar-refractivity contribution in [1.29, 1.82) is 0 Å². The van der Waals surface area contributed by atoms with Crippen LogP contribution in [0.4, 0.5) is 5.69 Å². The summed E-state index contributed by atoms with van der Waals surface area (Å²) in [5, 5.41) is 12.2. The van der Waals surface area contributed by atoms with Crippen LogP contribution >= 0.6 is 0 Å². The Bertz CT molecular complexity index is 333. The minimum Gasteiger partial charge on any atom is -0.511 e. The molecule has 1 aromatic rings. The Balaban J connectivity index is 2.56. The predicted octanol–water partition coefficient (Wildman–Crippen LogP) is 3.70. The molecule has 0 saturated carbocycles. The second-order valence-corrected chi connectivity index (χ2v) is 3.94. The van der Waals surface area contributed by atoms with Crippen LogP contribution < -0.4 is 5.32 Å². The Hall–Kier alpha value is -1.44. The molecule has 0 unspecified atom stereocenters. The minimum atomic E-state index is 0.156. The van der Waals surface area contributed by atoms with E-state index in [9.17, 15) is 0 Å². The average molecular weight is 218 g/mol. The summed E-state index contributed by atoms with van der Waals surface area (Å²) in [7, 11) is 0. The molecule has 2 nitrogen and oxygen atoms in total. The van der Waals surface area contributed by atoms with Gasteiger partial charge in [0.05, 0.1) is 6.54 Å². The molecule has 87 valence electrons. The molecule has 1 radical (unpaired) electrons. The molecule has 0 aromatic heterocycles. The maximum Gasteiger partial charge on any atom is 0.104 e. The van der Waals surface area contributed by atoms with Crippen LogP contribution in [0.1, 0.15) is 31.7 Å². The zero-order chi connectivity index (χ0) is 11.8. The Morgan fingerprint density at radius 1 is 1.50 bits per heavy atom. The van der Waals surface area contributed by atoms with Crippen molar-refractivity contribution >= 4 is 5.69 Å². The van der Waals surface area contributed by atoms with Crippen molar-refractivity contribution in [3.05, 3.63) is 42.2 Å². The van der Waals surface area contributed by atoms with Gasteiger partial charge in [-0.15, -0.1) is 0 Å². The summed E-state index contributed by atoms with van der Waals surface area (Å²) in [6, 6.07) is 9.14. The fourth-order valence-corrected chi connectivity index (χ4v) is 1.59. The lowest BCUT2D eigenvalue weighted by Crippen LogP contribution is -2.05. The van der Waals surface area contributed by atoms with Crippen LogP contribution in [0.3, 0.4) is 0 Å². The predicted molar refractivity (Wildman–Crippen MR) is 68.8 cm³/mol. The van der Waals surface area contributed by atoms with E-state index in [2.05, 4.69) is 24.9 Å². The second-order valence-electron chi connectivity index (χ2n) is 3.94. The first kappa shape index (κ1) is 12.6. The van der Waals surface area contributed by atoms with E-state index in [4.69, 9.17) is 5.11 Å².